The molecular weight excluding hydrogens is 284 g/mol. The van der Waals surface area contributed by atoms with Gasteiger partial charge in [0, 0.05) is 12.6 Å². The fourth-order valence-electron chi connectivity index (χ4n) is 1.96. The van der Waals surface area contributed by atoms with Gasteiger partial charge in [-0.3, -0.25) is 0 Å². The number of hydrogen-bond acceptors (Lipinski definition) is 3. The van der Waals surface area contributed by atoms with E-state index in [9.17, 15) is 8.42 Å². The van der Waals surface area contributed by atoms with E-state index < -0.39 is 10.0 Å². The van der Waals surface area contributed by atoms with Gasteiger partial charge in [0.1, 0.15) is 0 Å². The third-order valence-electron chi connectivity index (χ3n) is 3.98. The lowest BCUT2D eigenvalue weighted by Crippen LogP contribution is -2.41. The van der Waals surface area contributed by atoms with Crippen LogP contribution in [0.3, 0.4) is 0 Å². The number of nitrogens with one attached hydrogen (secondary N) is 2. The Labute approximate surface area is 129 Å². The van der Waals surface area contributed by atoms with Gasteiger partial charge in [0.15, 0.2) is 0 Å². The standard InChI is InChI=1S/C16H28N2O2S/c1-11-8-14(10-17-7)9-15(12(11)2)21(19,20)18-13(3)16(4,5)6/h8-9,13,17-18H,10H2,1-7H3. The molecule has 0 aliphatic carbocycles. The van der Waals surface area contributed by atoms with Crippen molar-refractivity contribution in [2.75, 3.05) is 7.05 Å². The summed E-state index contributed by atoms with van der Waals surface area (Å²) < 4.78 is 28.2. The van der Waals surface area contributed by atoms with E-state index in [0.29, 0.717) is 11.4 Å². The zero-order chi connectivity index (χ0) is 16.4. The lowest BCUT2D eigenvalue weighted by molar-refractivity contribution is 0.317. The van der Waals surface area contributed by atoms with E-state index in [1.54, 1.807) is 6.07 Å². The summed E-state index contributed by atoms with van der Waals surface area (Å²) in [4.78, 5) is 0.379. The Kier molecular flexibility index (Phi) is 5.58. The van der Waals surface area contributed by atoms with Crippen molar-refractivity contribution in [2.45, 2.75) is 59.0 Å². The molecule has 120 valence electrons. The number of sulfonamides is 1. The van der Waals surface area contributed by atoms with E-state index in [1.807, 2.05) is 54.7 Å². The summed E-state index contributed by atoms with van der Waals surface area (Å²) in [5, 5.41) is 3.06. The van der Waals surface area contributed by atoms with Crippen molar-refractivity contribution in [1.82, 2.24) is 10.0 Å². The zero-order valence-electron chi connectivity index (χ0n) is 14.2. The van der Waals surface area contributed by atoms with Gasteiger partial charge in [-0.25, -0.2) is 13.1 Å². The van der Waals surface area contributed by atoms with Crippen LogP contribution in [0.1, 0.15) is 44.4 Å². The van der Waals surface area contributed by atoms with E-state index in [1.165, 1.54) is 0 Å². The molecule has 2 N–H and O–H groups in total. The maximum absolute atomic E-state index is 12.7. The number of rotatable bonds is 5. The van der Waals surface area contributed by atoms with Gasteiger partial charge >= 0.3 is 0 Å². The van der Waals surface area contributed by atoms with Gasteiger partial charge in [-0.05, 0) is 56.0 Å². The Balaban J connectivity index is 3.25. The minimum absolute atomic E-state index is 0.126. The highest BCUT2D eigenvalue weighted by Gasteiger charge is 2.27. The molecule has 0 radical (unpaired) electrons. The zero-order valence-corrected chi connectivity index (χ0v) is 15.0. The van der Waals surface area contributed by atoms with Crippen LogP contribution < -0.4 is 10.0 Å². The number of hydrogen-bond donors (Lipinski definition) is 2. The van der Waals surface area contributed by atoms with Crippen LogP contribution in [0.2, 0.25) is 0 Å². The van der Waals surface area contributed by atoms with Gasteiger partial charge in [0.2, 0.25) is 10.0 Å². The molecular formula is C16H28N2O2S. The third kappa shape index (κ3) is 4.53. The highest BCUT2D eigenvalue weighted by atomic mass is 32.2. The second-order valence-corrected chi connectivity index (χ2v) is 8.46. The van der Waals surface area contributed by atoms with Crippen molar-refractivity contribution in [2.24, 2.45) is 5.41 Å². The van der Waals surface area contributed by atoms with Gasteiger partial charge in [-0.15, -0.1) is 0 Å². The van der Waals surface area contributed by atoms with Crippen LogP contribution in [0.15, 0.2) is 17.0 Å². The molecule has 1 rings (SSSR count). The first-order chi connectivity index (χ1) is 9.49. The predicted molar refractivity (Wildman–Crippen MR) is 87.9 cm³/mol. The SMILES string of the molecule is CNCc1cc(C)c(C)c(S(=O)(=O)NC(C)C(C)(C)C)c1. The van der Waals surface area contributed by atoms with Crippen LogP contribution >= 0.6 is 0 Å². The fraction of sp³-hybridized carbons (Fsp3) is 0.625. The molecule has 0 amide bonds. The van der Waals surface area contributed by atoms with E-state index in [4.69, 9.17) is 0 Å². The molecule has 0 fully saturated rings. The summed E-state index contributed by atoms with van der Waals surface area (Å²) in [5.74, 6) is 0. The average Bonchev–Trinajstić information content (AvgIpc) is 2.32. The molecule has 0 aromatic heterocycles. The van der Waals surface area contributed by atoms with Crippen LogP contribution in [-0.4, -0.2) is 21.5 Å². The second kappa shape index (κ2) is 6.46. The van der Waals surface area contributed by atoms with Gasteiger partial charge in [-0.1, -0.05) is 26.8 Å². The molecule has 21 heavy (non-hydrogen) atoms. The molecule has 0 aliphatic rings. The average molecular weight is 312 g/mol. The lowest BCUT2D eigenvalue weighted by Gasteiger charge is -2.28. The summed E-state index contributed by atoms with van der Waals surface area (Å²) in [5.41, 5.74) is 2.65. The Morgan fingerprint density at radius 3 is 2.24 bits per heavy atom. The Morgan fingerprint density at radius 1 is 1.19 bits per heavy atom. The normalized spacial score (nSPS) is 14.2. The Hall–Kier alpha value is -0.910. The van der Waals surface area contributed by atoms with E-state index in [-0.39, 0.29) is 11.5 Å². The monoisotopic (exact) mass is 312 g/mol. The molecule has 0 heterocycles. The third-order valence-corrected chi connectivity index (χ3v) is 5.65. The van der Waals surface area contributed by atoms with Crippen LogP contribution in [0.25, 0.3) is 0 Å². The van der Waals surface area contributed by atoms with Crippen molar-refractivity contribution in [3.63, 3.8) is 0 Å². The van der Waals surface area contributed by atoms with Crippen molar-refractivity contribution in [1.29, 1.82) is 0 Å². The fourth-order valence-corrected chi connectivity index (χ4v) is 3.77. The van der Waals surface area contributed by atoms with Crippen molar-refractivity contribution >= 4 is 10.0 Å². The number of aryl methyl sites for hydroxylation is 1. The topological polar surface area (TPSA) is 58.2 Å². The maximum atomic E-state index is 12.7. The molecule has 1 atom stereocenters. The quantitative estimate of drug-likeness (QED) is 0.879. The van der Waals surface area contributed by atoms with Gasteiger partial charge < -0.3 is 5.32 Å². The molecule has 1 aromatic rings. The first kappa shape index (κ1) is 18.1. The van der Waals surface area contributed by atoms with Crippen molar-refractivity contribution in [3.8, 4) is 0 Å². The van der Waals surface area contributed by atoms with Crippen LogP contribution in [0.4, 0.5) is 0 Å². The van der Waals surface area contributed by atoms with Gasteiger partial charge in [0.25, 0.3) is 0 Å². The van der Waals surface area contributed by atoms with Crippen molar-refractivity contribution in [3.05, 3.63) is 28.8 Å². The predicted octanol–water partition coefficient (Wildman–Crippen LogP) is 2.74. The first-order valence-electron chi connectivity index (χ1n) is 7.26. The molecule has 5 heteroatoms. The largest absolute Gasteiger partial charge is 0.316 e. The summed E-state index contributed by atoms with van der Waals surface area (Å²) in [7, 11) is -1.66. The van der Waals surface area contributed by atoms with Gasteiger partial charge in [0.05, 0.1) is 4.90 Å². The molecule has 4 nitrogen and oxygen atoms in total. The molecule has 1 aromatic carbocycles. The van der Waals surface area contributed by atoms with Gasteiger partial charge in [-0.2, -0.15) is 0 Å². The minimum atomic E-state index is -3.51. The molecule has 0 bridgehead atoms. The lowest BCUT2D eigenvalue weighted by atomic mass is 9.89. The highest BCUT2D eigenvalue weighted by molar-refractivity contribution is 7.89. The Morgan fingerprint density at radius 2 is 1.76 bits per heavy atom. The summed E-state index contributed by atoms with van der Waals surface area (Å²) >= 11 is 0. The second-order valence-electron chi connectivity index (χ2n) is 6.78. The highest BCUT2D eigenvalue weighted by Crippen LogP contribution is 2.24. The molecule has 0 saturated heterocycles. The Bertz CT molecular complexity index is 601. The van der Waals surface area contributed by atoms with Crippen LogP contribution in [-0.2, 0) is 16.6 Å². The minimum Gasteiger partial charge on any atom is -0.316 e. The number of benzene rings is 1. The summed E-state index contributed by atoms with van der Waals surface area (Å²) in [6, 6.07) is 3.64. The maximum Gasteiger partial charge on any atom is 0.241 e. The smallest absolute Gasteiger partial charge is 0.241 e. The van der Waals surface area contributed by atoms with E-state index >= 15 is 0 Å². The molecule has 0 saturated carbocycles. The summed E-state index contributed by atoms with van der Waals surface area (Å²) in [6.45, 7) is 12.4. The van der Waals surface area contributed by atoms with Crippen LogP contribution in [0, 0.1) is 19.3 Å². The summed E-state index contributed by atoms with van der Waals surface area (Å²) in [6.07, 6.45) is 0. The molecule has 0 spiro atoms. The molecule has 1 unspecified atom stereocenters. The van der Waals surface area contributed by atoms with Crippen molar-refractivity contribution < 1.29 is 8.42 Å². The van der Waals surface area contributed by atoms with Crippen LogP contribution in [0.5, 0.6) is 0 Å². The van der Waals surface area contributed by atoms with E-state index in [2.05, 4.69) is 10.0 Å². The first-order valence-corrected chi connectivity index (χ1v) is 8.74. The van der Waals surface area contributed by atoms with E-state index in [0.717, 1.165) is 16.7 Å². The molecule has 0 aliphatic heterocycles.